The number of likely N-dealkylation sites (tertiary alicyclic amines) is 1. The summed E-state index contributed by atoms with van der Waals surface area (Å²) in [4.78, 5) is 23.8. The number of hydrogen-bond donors (Lipinski definition) is 0. The average molecular weight is 385 g/mol. The second kappa shape index (κ2) is 8.11. The number of carbonyl (C=O) groups is 1. The molecule has 1 saturated carbocycles. The molecular weight excluding hydrogens is 359 g/mol. The van der Waals surface area contributed by atoms with Crippen LogP contribution in [-0.2, 0) is 0 Å². The normalized spacial score (nSPS) is 21.8. The van der Waals surface area contributed by atoms with E-state index in [-0.39, 0.29) is 18.3 Å². The highest BCUT2D eigenvalue weighted by molar-refractivity contribution is 6.33. The third kappa shape index (κ3) is 4.21. The van der Waals surface area contributed by atoms with Gasteiger partial charge in [0.15, 0.2) is 0 Å². The molecule has 3 aliphatic rings. The van der Waals surface area contributed by atoms with Crippen LogP contribution in [0.15, 0.2) is 12.3 Å². The molecule has 0 radical (unpaired) electrons. The van der Waals surface area contributed by atoms with Gasteiger partial charge in [-0.05, 0) is 38.2 Å². The van der Waals surface area contributed by atoms with E-state index in [0.29, 0.717) is 10.6 Å². The molecule has 0 unspecified atom stereocenters. The van der Waals surface area contributed by atoms with Crippen molar-refractivity contribution in [2.24, 2.45) is 0 Å². The van der Waals surface area contributed by atoms with Crippen molar-refractivity contribution in [2.75, 3.05) is 44.2 Å². The lowest BCUT2D eigenvalue weighted by molar-refractivity contribution is 0.0724. The highest BCUT2D eigenvalue weighted by atomic mass is 35.5. The number of rotatable bonds is 3. The van der Waals surface area contributed by atoms with Gasteiger partial charge in [0.2, 0.25) is 0 Å². The van der Waals surface area contributed by atoms with Crippen LogP contribution in [-0.4, -0.2) is 66.0 Å². The van der Waals surface area contributed by atoms with Crippen LogP contribution in [0.2, 0.25) is 5.02 Å². The van der Waals surface area contributed by atoms with Gasteiger partial charge in [0, 0.05) is 51.5 Å². The van der Waals surface area contributed by atoms with Gasteiger partial charge in [-0.3, -0.25) is 9.69 Å². The Morgan fingerprint density at radius 1 is 1.04 bits per heavy atom. The van der Waals surface area contributed by atoms with Gasteiger partial charge in [0.1, 0.15) is 5.82 Å². The largest absolute Gasteiger partial charge is 0.353 e. The Kier molecular flexibility index (Phi) is 6.08. The SMILES string of the molecule is Cl.O=C(c1cnc(N2CCN(C3CC3)CC2)c(Cl)c1)N1CCCCC1. The minimum Gasteiger partial charge on any atom is -0.353 e. The molecule has 2 aliphatic heterocycles. The van der Waals surface area contributed by atoms with Crippen molar-refractivity contribution in [3.05, 3.63) is 22.8 Å². The minimum atomic E-state index is 0. The van der Waals surface area contributed by atoms with Gasteiger partial charge in [-0.15, -0.1) is 12.4 Å². The zero-order valence-corrected chi connectivity index (χ0v) is 16.1. The summed E-state index contributed by atoms with van der Waals surface area (Å²) >= 11 is 6.47. The molecule has 0 N–H and O–H groups in total. The van der Waals surface area contributed by atoms with Crippen molar-refractivity contribution >= 4 is 35.7 Å². The van der Waals surface area contributed by atoms with Crippen molar-refractivity contribution in [1.82, 2.24) is 14.8 Å². The van der Waals surface area contributed by atoms with Crippen LogP contribution in [0.3, 0.4) is 0 Å². The fraction of sp³-hybridized carbons (Fsp3) is 0.667. The number of nitrogens with zero attached hydrogens (tertiary/aromatic N) is 4. The molecule has 0 spiro atoms. The second-order valence-electron chi connectivity index (χ2n) is 7.14. The quantitative estimate of drug-likeness (QED) is 0.802. The lowest BCUT2D eigenvalue weighted by atomic mass is 10.1. The molecule has 3 heterocycles. The Balaban J connectivity index is 0.00000182. The highest BCUT2D eigenvalue weighted by Crippen LogP contribution is 2.30. The molecule has 4 rings (SSSR count). The summed E-state index contributed by atoms with van der Waals surface area (Å²) in [6.45, 7) is 5.78. The van der Waals surface area contributed by atoms with Gasteiger partial charge in [-0.1, -0.05) is 11.6 Å². The Morgan fingerprint density at radius 2 is 1.72 bits per heavy atom. The van der Waals surface area contributed by atoms with Crippen molar-refractivity contribution in [1.29, 1.82) is 0 Å². The molecular formula is C18H26Cl2N4O. The van der Waals surface area contributed by atoms with E-state index in [1.54, 1.807) is 12.3 Å². The molecule has 0 bridgehead atoms. The number of pyridine rings is 1. The molecule has 7 heteroatoms. The van der Waals surface area contributed by atoms with Crippen LogP contribution in [0.4, 0.5) is 5.82 Å². The van der Waals surface area contributed by atoms with Crippen LogP contribution in [0.5, 0.6) is 0 Å². The number of carbonyl (C=O) groups excluding carboxylic acids is 1. The van der Waals surface area contributed by atoms with E-state index in [9.17, 15) is 4.79 Å². The third-order valence-corrected chi connectivity index (χ3v) is 5.67. The van der Waals surface area contributed by atoms with E-state index in [2.05, 4.69) is 14.8 Å². The van der Waals surface area contributed by atoms with Gasteiger partial charge in [-0.25, -0.2) is 4.98 Å². The van der Waals surface area contributed by atoms with Crippen LogP contribution < -0.4 is 4.90 Å². The third-order valence-electron chi connectivity index (χ3n) is 5.39. The number of amides is 1. The van der Waals surface area contributed by atoms with Crippen LogP contribution in [0, 0.1) is 0 Å². The van der Waals surface area contributed by atoms with E-state index in [1.165, 1.54) is 19.3 Å². The molecule has 25 heavy (non-hydrogen) atoms. The predicted octanol–water partition coefficient (Wildman–Crippen LogP) is 3.07. The van der Waals surface area contributed by atoms with E-state index in [0.717, 1.165) is 64.0 Å². The molecule has 0 aromatic carbocycles. The summed E-state index contributed by atoms with van der Waals surface area (Å²) in [5.74, 6) is 0.886. The molecule has 1 amide bonds. The highest BCUT2D eigenvalue weighted by Gasteiger charge is 2.32. The smallest absolute Gasteiger partial charge is 0.255 e. The molecule has 1 aromatic rings. The zero-order valence-electron chi connectivity index (χ0n) is 14.5. The Hall–Kier alpha value is -1.04. The number of anilines is 1. The maximum atomic E-state index is 12.6. The first-order valence-corrected chi connectivity index (χ1v) is 9.54. The maximum absolute atomic E-state index is 12.6. The van der Waals surface area contributed by atoms with E-state index in [4.69, 9.17) is 11.6 Å². The molecule has 1 aromatic heterocycles. The lowest BCUT2D eigenvalue weighted by Crippen LogP contribution is -2.47. The summed E-state index contributed by atoms with van der Waals surface area (Å²) < 4.78 is 0. The molecule has 1 aliphatic carbocycles. The zero-order chi connectivity index (χ0) is 16.5. The fourth-order valence-electron chi connectivity index (χ4n) is 3.80. The number of piperidine rings is 1. The fourth-order valence-corrected chi connectivity index (χ4v) is 4.08. The Bertz CT molecular complexity index is 609. The van der Waals surface area contributed by atoms with Crippen molar-refractivity contribution < 1.29 is 4.79 Å². The number of halogens is 2. The number of piperazine rings is 1. The van der Waals surface area contributed by atoms with E-state index < -0.39 is 0 Å². The Morgan fingerprint density at radius 3 is 2.32 bits per heavy atom. The van der Waals surface area contributed by atoms with Crippen molar-refractivity contribution in [3.63, 3.8) is 0 Å². The van der Waals surface area contributed by atoms with E-state index in [1.807, 2.05) is 4.90 Å². The standard InChI is InChI=1S/C18H25ClN4O.ClH/c19-16-12-14(18(24)23-6-2-1-3-7-23)13-20-17(16)22-10-8-21(9-11-22)15-4-5-15;/h12-13,15H,1-11H2;1H. The first-order valence-electron chi connectivity index (χ1n) is 9.16. The monoisotopic (exact) mass is 384 g/mol. The molecule has 2 saturated heterocycles. The van der Waals surface area contributed by atoms with Gasteiger partial charge in [0.05, 0.1) is 10.6 Å². The van der Waals surface area contributed by atoms with Crippen molar-refractivity contribution in [2.45, 2.75) is 38.1 Å². The van der Waals surface area contributed by atoms with Gasteiger partial charge in [-0.2, -0.15) is 0 Å². The number of aromatic nitrogens is 1. The number of hydrogen-bond acceptors (Lipinski definition) is 4. The second-order valence-corrected chi connectivity index (χ2v) is 7.54. The molecule has 0 atom stereocenters. The average Bonchev–Trinajstić information content (AvgIpc) is 3.47. The summed E-state index contributed by atoms with van der Waals surface area (Å²) in [5, 5.41) is 0.595. The van der Waals surface area contributed by atoms with Crippen LogP contribution in [0.25, 0.3) is 0 Å². The molecule has 3 fully saturated rings. The molecule has 5 nitrogen and oxygen atoms in total. The minimum absolute atomic E-state index is 0. The lowest BCUT2D eigenvalue weighted by Gasteiger charge is -2.36. The predicted molar refractivity (Wildman–Crippen MR) is 103 cm³/mol. The van der Waals surface area contributed by atoms with Gasteiger partial charge >= 0.3 is 0 Å². The molecule has 138 valence electrons. The van der Waals surface area contributed by atoms with Crippen LogP contribution in [0.1, 0.15) is 42.5 Å². The Labute approximate surface area is 160 Å². The van der Waals surface area contributed by atoms with E-state index >= 15 is 0 Å². The summed E-state index contributed by atoms with van der Waals surface area (Å²) in [5.41, 5.74) is 0.613. The maximum Gasteiger partial charge on any atom is 0.255 e. The first kappa shape index (κ1) is 18.7. The first-order chi connectivity index (χ1) is 11.7. The topological polar surface area (TPSA) is 39.7 Å². The van der Waals surface area contributed by atoms with Gasteiger partial charge < -0.3 is 9.80 Å². The summed E-state index contributed by atoms with van der Waals surface area (Å²) in [6.07, 6.45) is 7.81. The van der Waals surface area contributed by atoms with Crippen LogP contribution >= 0.6 is 24.0 Å². The summed E-state index contributed by atoms with van der Waals surface area (Å²) in [7, 11) is 0. The van der Waals surface area contributed by atoms with Gasteiger partial charge in [0.25, 0.3) is 5.91 Å². The summed E-state index contributed by atoms with van der Waals surface area (Å²) in [6, 6.07) is 2.62. The van der Waals surface area contributed by atoms with Crippen molar-refractivity contribution in [3.8, 4) is 0 Å².